The summed E-state index contributed by atoms with van der Waals surface area (Å²) in [5, 5.41) is 0.815. The van der Waals surface area contributed by atoms with Gasteiger partial charge in [0.15, 0.2) is 5.75 Å². The van der Waals surface area contributed by atoms with Gasteiger partial charge in [0.1, 0.15) is 12.4 Å². The van der Waals surface area contributed by atoms with Gasteiger partial charge in [-0.05, 0) is 26.2 Å². The summed E-state index contributed by atoms with van der Waals surface area (Å²) in [5.41, 5.74) is 0. The lowest BCUT2D eigenvalue weighted by Crippen LogP contribution is -2.04. The molecule has 8 heteroatoms. The Labute approximate surface area is 160 Å². The molecule has 0 amide bonds. The van der Waals surface area contributed by atoms with Crippen LogP contribution in [0, 0.1) is 0 Å². The molecule has 0 aromatic heterocycles. The molecule has 0 saturated carbocycles. The molecule has 0 aliphatic heterocycles. The van der Waals surface area contributed by atoms with E-state index in [9.17, 15) is 8.42 Å². The van der Waals surface area contributed by atoms with Gasteiger partial charge in [0.2, 0.25) is 0 Å². The Morgan fingerprint density at radius 2 is 1.60 bits per heavy atom. The molecule has 0 N–H and O–H groups in total. The van der Waals surface area contributed by atoms with Crippen LogP contribution in [0.3, 0.4) is 0 Å². The molecule has 0 atom stereocenters. The predicted molar refractivity (Wildman–Crippen MR) is 102 cm³/mol. The van der Waals surface area contributed by atoms with Crippen LogP contribution in [-0.4, -0.2) is 34.5 Å². The maximum absolute atomic E-state index is 10.8. The van der Waals surface area contributed by atoms with Crippen molar-refractivity contribution in [3.63, 3.8) is 0 Å². The first-order valence-corrected chi connectivity index (χ1v) is 10.6. The number of ether oxygens (including phenoxy) is 2. The second-order valence-corrected chi connectivity index (χ2v) is 7.84. The number of halogens is 2. The van der Waals surface area contributed by atoms with Crippen molar-refractivity contribution in [2.45, 2.75) is 32.6 Å². The summed E-state index contributed by atoms with van der Waals surface area (Å²) in [6, 6.07) is 3.36. The second-order valence-electron chi connectivity index (χ2n) is 5.38. The Kier molecular flexibility index (Phi) is 10.3. The van der Waals surface area contributed by atoms with E-state index in [1.807, 2.05) is 19.1 Å². The van der Waals surface area contributed by atoms with E-state index in [4.69, 9.17) is 32.7 Å². The molecule has 0 spiro atoms. The van der Waals surface area contributed by atoms with Crippen LogP contribution in [0.1, 0.15) is 32.6 Å². The molecule has 1 aromatic rings. The van der Waals surface area contributed by atoms with Crippen molar-refractivity contribution >= 4 is 33.3 Å². The topological polar surface area (TPSA) is 61.8 Å². The second kappa shape index (κ2) is 11.6. The first-order valence-electron chi connectivity index (χ1n) is 8.03. The highest BCUT2D eigenvalue weighted by atomic mass is 35.5. The number of hydrogen-bond acceptors (Lipinski definition) is 5. The standard InChI is InChI=1S/C17H24Cl2O5S/c1-3-4-9-23-17-15(18)12-14(13-16(17)19)22-10-7-5-6-8-11-24-25(2,20)21/h3-4,12-13H,5-11H2,1-2H3/b4-3-. The van der Waals surface area contributed by atoms with E-state index in [-0.39, 0.29) is 6.61 Å². The van der Waals surface area contributed by atoms with Gasteiger partial charge in [0.25, 0.3) is 10.1 Å². The lowest BCUT2D eigenvalue weighted by atomic mass is 10.2. The molecule has 0 unspecified atom stereocenters. The van der Waals surface area contributed by atoms with E-state index < -0.39 is 10.1 Å². The summed E-state index contributed by atoms with van der Waals surface area (Å²) in [4.78, 5) is 0. The average Bonchev–Trinajstić information content (AvgIpc) is 2.51. The molecule has 1 rings (SSSR count). The minimum Gasteiger partial charge on any atom is -0.493 e. The normalized spacial score (nSPS) is 11.8. The van der Waals surface area contributed by atoms with E-state index >= 15 is 0 Å². The van der Waals surface area contributed by atoms with Gasteiger partial charge in [0, 0.05) is 12.1 Å². The van der Waals surface area contributed by atoms with E-state index in [0.29, 0.717) is 41.2 Å². The van der Waals surface area contributed by atoms with Crippen LogP contribution in [0.5, 0.6) is 11.5 Å². The fourth-order valence-corrected chi connectivity index (χ4v) is 2.94. The number of benzene rings is 1. The van der Waals surface area contributed by atoms with Crippen molar-refractivity contribution in [2.75, 3.05) is 26.1 Å². The lowest BCUT2D eigenvalue weighted by Gasteiger charge is -2.11. The van der Waals surface area contributed by atoms with Crippen molar-refractivity contribution in [1.82, 2.24) is 0 Å². The van der Waals surface area contributed by atoms with Gasteiger partial charge >= 0.3 is 0 Å². The SMILES string of the molecule is C/C=C\COc1c(Cl)cc(OCCCCCCOS(C)(=O)=O)cc1Cl. The smallest absolute Gasteiger partial charge is 0.264 e. The van der Waals surface area contributed by atoms with Gasteiger partial charge in [-0.2, -0.15) is 8.42 Å². The third-order valence-corrected chi connectivity index (χ3v) is 4.29. The number of rotatable bonds is 12. The summed E-state index contributed by atoms with van der Waals surface area (Å²) >= 11 is 12.3. The monoisotopic (exact) mass is 410 g/mol. The van der Waals surface area contributed by atoms with Crippen LogP contribution in [0.2, 0.25) is 10.0 Å². The van der Waals surface area contributed by atoms with E-state index in [2.05, 4.69) is 4.18 Å². The van der Waals surface area contributed by atoms with Gasteiger partial charge in [-0.15, -0.1) is 0 Å². The first-order chi connectivity index (χ1) is 11.8. The molecule has 142 valence electrons. The van der Waals surface area contributed by atoms with Crippen LogP contribution >= 0.6 is 23.2 Å². The van der Waals surface area contributed by atoms with Crippen molar-refractivity contribution in [1.29, 1.82) is 0 Å². The highest BCUT2D eigenvalue weighted by molar-refractivity contribution is 7.85. The molecular weight excluding hydrogens is 387 g/mol. The summed E-state index contributed by atoms with van der Waals surface area (Å²) in [7, 11) is -3.34. The molecule has 5 nitrogen and oxygen atoms in total. The fourth-order valence-electron chi connectivity index (χ4n) is 1.94. The van der Waals surface area contributed by atoms with Crippen LogP contribution in [0.25, 0.3) is 0 Å². The van der Waals surface area contributed by atoms with Crippen LogP contribution in [0.4, 0.5) is 0 Å². The van der Waals surface area contributed by atoms with Crippen molar-refractivity contribution in [3.05, 3.63) is 34.3 Å². The minimum atomic E-state index is -3.34. The summed E-state index contributed by atoms with van der Waals surface area (Å²) in [5.74, 6) is 1.04. The third-order valence-electron chi connectivity index (χ3n) is 3.14. The van der Waals surface area contributed by atoms with Crippen molar-refractivity contribution < 1.29 is 22.1 Å². The number of allylic oxidation sites excluding steroid dienone is 1. The molecule has 0 bridgehead atoms. The lowest BCUT2D eigenvalue weighted by molar-refractivity contribution is 0.290. The van der Waals surface area contributed by atoms with Gasteiger partial charge in [-0.1, -0.05) is 41.8 Å². The maximum Gasteiger partial charge on any atom is 0.264 e. The zero-order valence-electron chi connectivity index (χ0n) is 14.5. The Morgan fingerprint density at radius 1 is 1.00 bits per heavy atom. The number of unbranched alkanes of at least 4 members (excludes halogenated alkanes) is 3. The van der Waals surface area contributed by atoms with E-state index in [0.717, 1.165) is 25.5 Å². The molecule has 0 fully saturated rings. The molecular formula is C17H24Cl2O5S. The quantitative estimate of drug-likeness (QED) is 0.279. The Bertz CT molecular complexity index is 636. The summed E-state index contributed by atoms with van der Waals surface area (Å²) in [6.07, 6.45) is 8.12. The molecule has 0 aliphatic rings. The average molecular weight is 411 g/mol. The van der Waals surface area contributed by atoms with Gasteiger partial charge < -0.3 is 9.47 Å². The fraction of sp³-hybridized carbons (Fsp3) is 0.529. The molecule has 1 aromatic carbocycles. The largest absolute Gasteiger partial charge is 0.493 e. The number of hydrogen-bond donors (Lipinski definition) is 0. The predicted octanol–water partition coefficient (Wildman–Crippen LogP) is 4.86. The zero-order valence-corrected chi connectivity index (χ0v) is 16.8. The van der Waals surface area contributed by atoms with Crippen LogP contribution in [-0.2, 0) is 14.3 Å². The molecule has 0 saturated heterocycles. The van der Waals surface area contributed by atoms with Crippen molar-refractivity contribution in [2.24, 2.45) is 0 Å². The van der Waals surface area contributed by atoms with Gasteiger partial charge in [-0.3, -0.25) is 4.18 Å². The first kappa shape index (κ1) is 22.1. The van der Waals surface area contributed by atoms with Gasteiger partial charge in [0.05, 0.1) is 29.5 Å². The minimum absolute atomic E-state index is 0.222. The molecule has 25 heavy (non-hydrogen) atoms. The Balaban J connectivity index is 2.29. The van der Waals surface area contributed by atoms with Crippen LogP contribution < -0.4 is 9.47 Å². The molecule has 0 aliphatic carbocycles. The molecule has 0 heterocycles. The van der Waals surface area contributed by atoms with Gasteiger partial charge in [-0.25, -0.2) is 0 Å². The highest BCUT2D eigenvalue weighted by Crippen LogP contribution is 2.37. The van der Waals surface area contributed by atoms with Crippen molar-refractivity contribution in [3.8, 4) is 11.5 Å². The summed E-state index contributed by atoms with van der Waals surface area (Å²) in [6.45, 7) is 3.05. The zero-order chi connectivity index (χ0) is 18.7. The summed E-state index contributed by atoms with van der Waals surface area (Å²) < 4.78 is 37.4. The Hall–Kier alpha value is -0.950. The van der Waals surface area contributed by atoms with E-state index in [1.54, 1.807) is 12.1 Å². The maximum atomic E-state index is 10.8. The molecule has 0 radical (unpaired) electrons. The third kappa shape index (κ3) is 9.94. The highest BCUT2D eigenvalue weighted by Gasteiger charge is 2.10. The Morgan fingerprint density at radius 3 is 2.16 bits per heavy atom. The van der Waals surface area contributed by atoms with Crippen LogP contribution in [0.15, 0.2) is 24.3 Å². The van der Waals surface area contributed by atoms with E-state index in [1.165, 1.54) is 0 Å².